The van der Waals surface area contributed by atoms with Crippen molar-refractivity contribution in [1.82, 2.24) is 20.4 Å². The molecule has 44 heavy (non-hydrogen) atoms. The fourth-order valence-corrected chi connectivity index (χ4v) is 6.14. The Labute approximate surface area is 260 Å². The van der Waals surface area contributed by atoms with E-state index in [4.69, 9.17) is 9.47 Å². The Hall–Kier alpha value is -4.08. The summed E-state index contributed by atoms with van der Waals surface area (Å²) in [5.74, 6) is -0.176. The van der Waals surface area contributed by atoms with Crippen molar-refractivity contribution < 1.29 is 28.7 Å². The van der Waals surface area contributed by atoms with E-state index in [2.05, 4.69) is 10.6 Å². The lowest BCUT2D eigenvalue weighted by Gasteiger charge is -2.43. The van der Waals surface area contributed by atoms with E-state index in [0.717, 1.165) is 5.56 Å². The van der Waals surface area contributed by atoms with Crippen LogP contribution in [-0.2, 0) is 19.1 Å². The van der Waals surface area contributed by atoms with E-state index in [0.29, 0.717) is 31.7 Å². The highest BCUT2D eigenvalue weighted by Gasteiger charge is 2.56. The quantitative estimate of drug-likeness (QED) is 0.444. The van der Waals surface area contributed by atoms with Gasteiger partial charge in [-0.2, -0.15) is 0 Å². The molecular formula is C34H46N4O6. The largest absolute Gasteiger partial charge is 0.494 e. The number of rotatable bonds is 9. The molecule has 0 aliphatic carbocycles. The van der Waals surface area contributed by atoms with Crippen molar-refractivity contribution in [3.63, 3.8) is 0 Å². The molecule has 2 aliphatic rings. The Morgan fingerprint density at radius 2 is 1.64 bits per heavy atom. The summed E-state index contributed by atoms with van der Waals surface area (Å²) in [6.45, 7) is 9.83. The number of likely N-dealkylation sites (N-methyl/N-ethyl adjacent to an activating group) is 1. The summed E-state index contributed by atoms with van der Waals surface area (Å²) in [5.41, 5.74) is -1.77. The van der Waals surface area contributed by atoms with E-state index in [-0.39, 0.29) is 37.3 Å². The number of ether oxygens (including phenoxy) is 2. The lowest BCUT2D eigenvalue weighted by Crippen LogP contribution is -2.61. The zero-order chi connectivity index (χ0) is 32.1. The van der Waals surface area contributed by atoms with Crippen LogP contribution in [0.15, 0.2) is 60.7 Å². The lowest BCUT2D eigenvalue weighted by molar-refractivity contribution is -0.146. The zero-order valence-electron chi connectivity index (χ0n) is 26.7. The number of piperidine rings is 1. The first kappa shape index (κ1) is 32.8. The molecule has 1 spiro atoms. The van der Waals surface area contributed by atoms with E-state index in [1.807, 2.05) is 67.7 Å². The first-order valence-electron chi connectivity index (χ1n) is 15.3. The molecular weight excluding hydrogens is 560 g/mol. The van der Waals surface area contributed by atoms with Crippen LogP contribution in [0.1, 0.15) is 65.4 Å². The third-order valence-electron chi connectivity index (χ3n) is 8.34. The second-order valence-corrected chi connectivity index (χ2v) is 13.4. The van der Waals surface area contributed by atoms with Gasteiger partial charge in [0.05, 0.1) is 12.0 Å². The van der Waals surface area contributed by atoms with Crippen molar-refractivity contribution in [3.8, 4) is 5.75 Å². The average molecular weight is 607 g/mol. The Bertz CT molecular complexity index is 1330. The summed E-state index contributed by atoms with van der Waals surface area (Å²) in [7, 11) is 1.82. The molecule has 2 N–H and O–H groups in total. The van der Waals surface area contributed by atoms with Gasteiger partial charge in [0, 0.05) is 39.0 Å². The number of amides is 4. The normalized spacial score (nSPS) is 21.1. The zero-order valence-corrected chi connectivity index (χ0v) is 26.7. The maximum Gasteiger partial charge on any atom is 0.408 e. The molecule has 0 bridgehead atoms. The molecule has 10 heteroatoms. The first-order chi connectivity index (χ1) is 20.7. The van der Waals surface area contributed by atoms with Crippen LogP contribution in [0.5, 0.6) is 5.75 Å². The number of alkyl carbamates (subject to hydrolysis) is 1. The highest BCUT2D eigenvalue weighted by atomic mass is 16.6. The van der Waals surface area contributed by atoms with E-state index >= 15 is 0 Å². The van der Waals surface area contributed by atoms with Gasteiger partial charge in [-0.3, -0.25) is 14.4 Å². The second-order valence-electron chi connectivity index (χ2n) is 13.4. The molecule has 0 radical (unpaired) electrons. The van der Waals surface area contributed by atoms with Crippen molar-refractivity contribution in [2.75, 3.05) is 33.3 Å². The Morgan fingerprint density at radius 1 is 1.00 bits per heavy atom. The minimum atomic E-state index is -1.37. The Morgan fingerprint density at radius 3 is 2.27 bits per heavy atom. The molecule has 2 aromatic rings. The lowest BCUT2D eigenvalue weighted by atomic mass is 9.69. The number of carbonyl (C=O) groups is 4. The summed E-state index contributed by atoms with van der Waals surface area (Å²) in [4.78, 5) is 57.4. The molecule has 4 rings (SSSR count). The van der Waals surface area contributed by atoms with Gasteiger partial charge in [0.1, 0.15) is 22.9 Å². The minimum Gasteiger partial charge on any atom is -0.494 e. The number of hydrogen-bond donors (Lipinski definition) is 2. The second kappa shape index (κ2) is 13.3. The molecule has 0 aromatic heterocycles. The van der Waals surface area contributed by atoms with Crippen molar-refractivity contribution in [1.29, 1.82) is 0 Å². The van der Waals surface area contributed by atoms with Crippen LogP contribution < -0.4 is 15.4 Å². The Kier molecular flexibility index (Phi) is 9.91. The molecule has 2 heterocycles. The molecule has 2 saturated heterocycles. The number of nitrogens with zero attached hydrogens (tertiary/aromatic N) is 2. The summed E-state index contributed by atoms with van der Waals surface area (Å²) >= 11 is 0. The SMILES string of the molecule is CN1C[C@@H](c2ccccc2)[C@@]2(CCCN(C(=O)[C@@H](CCOc3ccccc3)NC(=O)C(C)(C)NC(=O)OC(C)(C)C)C2)C1=O. The number of carbonyl (C=O) groups excluding carboxylic acids is 4. The molecule has 4 amide bonds. The van der Waals surface area contributed by atoms with Gasteiger partial charge in [-0.1, -0.05) is 48.5 Å². The van der Waals surface area contributed by atoms with Crippen LogP contribution in [0.3, 0.4) is 0 Å². The van der Waals surface area contributed by atoms with Crippen LogP contribution >= 0.6 is 0 Å². The summed E-state index contributed by atoms with van der Waals surface area (Å²) < 4.78 is 11.2. The maximum atomic E-state index is 14.2. The number of likely N-dealkylation sites (tertiary alicyclic amines) is 2. The maximum absolute atomic E-state index is 14.2. The minimum absolute atomic E-state index is 0.0412. The number of nitrogens with one attached hydrogen (secondary N) is 2. The molecule has 0 saturated carbocycles. The molecule has 2 fully saturated rings. The molecule has 0 unspecified atom stereocenters. The molecule has 2 aromatic carbocycles. The van der Waals surface area contributed by atoms with E-state index < -0.39 is 34.6 Å². The van der Waals surface area contributed by atoms with Gasteiger partial charge in [-0.25, -0.2) is 4.79 Å². The van der Waals surface area contributed by atoms with Crippen LogP contribution in [0.4, 0.5) is 4.79 Å². The van der Waals surface area contributed by atoms with Crippen LogP contribution in [0.2, 0.25) is 0 Å². The molecule has 2 aliphatic heterocycles. The van der Waals surface area contributed by atoms with Crippen LogP contribution in [0.25, 0.3) is 0 Å². The topological polar surface area (TPSA) is 117 Å². The van der Waals surface area contributed by atoms with Crippen molar-refractivity contribution in [2.45, 2.75) is 77.0 Å². The van der Waals surface area contributed by atoms with E-state index in [9.17, 15) is 19.2 Å². The third kappa shape index (κ3) is 7.70. The predicted octanol–water partition coefficient (Wildman–Crippen LogP) is 4.11. The monoisotopic (exact) mass is 606 g/mol. The van der Waals surface area contributed by atoms with Crippen LogP contribution in [0, 0.1) is 5.41 Å². The van der Waals surface area contributed by atoms with E-state index in [1.165, 1.54) is 0 Å². The molecule has 238 valence electrons. The Balaban J connectivity index is 1.54. The highest BCUT2D eigenvalue weighted by molar-refractivity contribution is 5.94. The van der Waals surface area contributed by atoms with Gasteiger partial charge in [-0.15, -0.1) is 0 Å². The summed E-state index contributed by atoms with van der Waals surface area (Å²) in [6, 6.07) is 18.3. The summed E-state index contributed by atoms with van der Waals surface area (Å²) in [5, 5.41) is 5.49. The smallest absolute Gasteiger partial charge is 0.408 e. The van der Waals surface area contributed by atoms with Crippen LogP contribution in [-0.4, -0.2) is 84.1 Å². The van der Waals surface area contributed by atoms with Gasteiger partial charge in [0.25, 0.3) is 0 Å². The fourth-order valence-electron chi connectivity index (χ4n) is 6.14. The van der Waals surface area contributed by atoms with Gasteiger partial charge < -0.3 is 29.9 Å². The fraction of sp³-hybridized carbons (Fsp3) is 0.529. The molecule has 3 atom stereocenters. The average Bonchev–Trinajstić information content (AvgIpc) is 3.20. The summed E-state index contributed by atoms with van der Waals surface area (Å²) in [6.07, 6.45) is 0.811. The van der Waals surface area contributed by atoms with Crippen molar-refractivity contribution in [3.05, 3.63) is 66.2 Å². The first-order valence-corrected chi connectivity index (χ1v) is 15.3. The predicted molar refractivity (Wildman–Crippen MR) is 167 cm³/mol. The highest BCUT2D eigenvalue weighted by Crippen LogP contribution is 2.49. The molecule has 10 nitrogen and oxygen atoms in total. The van der Waals surface area contributed by atoms with Gasteiger partial charge in [-0.05, 0) is 65.2 Å². The van der Waals surface area contributed by atoms with Gasteiger partial charge in [0.15, 0.2) is 0 Å². The van der Waals surface area contributed by atoms with E-state index in [1.54, 1.807) is 44.4 Å². The standard InChI is InChI=1S/C34H46N4O6/c1-32(2,3)44-31(42)36-33(4,5)29(40)35-27(18-21-43-25-16-11-8-12-17-25)28(39)38-20-13-19-34(23-38)26(22-37(6)30(34)41)24-14-9-7-10-15-24/h7-12,14-17,26-27H,13,18-23H2,1-6H3,(H,35,40)(H,36,42)/t26-,27+,34-/m0/s1. The number of para-hydroxylation sites is 1. The van der Waals surface area contributed by atoms with Crippen molar-refractivity contribution in [2.24, 2.45) is 5.41 Å². The third-order valence-corrected chi connectivity index (χ3v) is 8.34. The number of hydrogen-bond acceptors (Lipinski definition) is 6. The number of benzene rings is 2. The van der Waals surface area contributed by atoms with Gasteiger partial charge >= 0.3 is 6.09 Å². The van der Waals surface area contributed by atoms with Crippen molar-refractivity contribution >= 4 is 23.8 Å². The van der Waals surface area contributed by atoms with Gasteiger partial charge in [0.2, 0.25) is 17.7 Å².